The summed E-state index contributed by atoms with van der Waals surface area (Å²) < 4.78 is 1.63. The molecule has 1 aliphatic rings. The second-order valence-electron chi connectivity index (χ2n) is 6.67. The van der Waals surface area contributed by atoms with Gasteiger partial charge in [-0.2, -0.15) is 5.10 Å². The molecule has 2 aromatic heterocycles. The van der Waals surface area contributed by atoms with Gasteiger partial charge in [0, 0.05) is 36.9 Å². The molecule has 0 bridgehead atoms. The molecule has 27 heavy (non-hydrogen) atoms. The summed E-state index contributed by atoms with van der Waals surface area (Å²) in [5, 5.41) is 5.59. The topological polar surface area (TPSA) is 54.3 Å². The number of hydrogen-bond acceptors (Lipinski definition) is 4. The van der Waals surface area contributed by atoms with Crippen LogP contribution in [0.3, 0.4) is 0 Å². The average molecular weight is 404 g/mol. The molecule has 1 fully saturated rings. The van der Waals surface area contributed by atoms with Crippen LogP contribution in [0.5, 0.6) is 0 Å². The number of pyridine rings is 1. The van der Waals surface area contributed by atoms with Gasteiger partial charge in [-0.3, -0.25) is 9.48 Å². The monoisotopic (exact) mass is 403 g/mol. The average Bonchev–Trinajstić information content (AvgIpc) is 3.05. The van der Waals surface area contributed by atoms with Crippen LogP contribution in [-0.4, -0.2) is 51.8 Å². The highest BCUT2D eigenvalue weighted by molar-refractivity contribution is 6.31. The summed E-state index contributed by atoms with van der Waals surface area (Å²) in [6.07, 6.45) is 1.76. The third-order valence-corrected chi connectivity index (χ3v) is 5.45. The Hall–Kier alpha value is -2.31. The molecule has 8 heteroatoms. The molecule has 0 aliphatic carbocycles. The molecule has 0 N–H and O–H groups in total. The molecular formula is C19H19Cl2N5O. The molecular weight excluding hydrogens is 385 g/mol. The van der Waals surface area contributed by atoms with Crippen molar-refractivity contribution >= 4 is 45.8 Å². The Bertz CT molecular complexity index is 995. The van der Waals surface area contributed by atoms with Crippen LogP contribution in [0.25, 0.3) is 11.0 Å². The van der Waals surface area contributed by atoms with Crippen LogP contribution in [0.1, 0.15) is 5.56 Å². The molecule has 140 valence electrons. The Labute approximate surface area is 167 Å². The van der Waals surface area contributed by atoms with E-state index in [2.05, 4.69) is 21.0 Å². The van der Waals surface area contributed by atoms with E-state index in [9.17, 15) is 4.79 Å². The first-order valence-corrected chi connectivity index (χ1v) is 9.54. The summed E-state index contributed by atoms with van der Waals surface area (Å²) in [5.41, 5.74) is 3.63. The first-order chi connectivity index (χ1) is 13.0. The summed E-state index contributed by atoms with van der Waals surface area (Å²) in [6, 6.07) is 9.54. The Kier molecular flexibility index (Phi) is 4.93. The van der Waals surface area contributed by atoms with E-state index in [0.29, 0.717) is 23.8 Å². The molecule has 6 nitrogen and oxygen atoms in total. The van der Waals surface area contributed by atoms with Crippen molar-refractivity contribution in [3.63, 3.8) is 0 Å². The van der Waals surface area contributed by atoms with E-state index < -0.39 is 0 Å². The number of rotatable bonds is 3. The van der Waals surface area contributed by atoms with Crippen molar-refractivity contribution in [1.82, 2.24) is 19.7 Å². The number of benzene rings is 1. The number of piperazine rings is 1. The predicted molar refractivity (Wildman–Crippen MR) is 108 cm³/mol. The molecule has 1 amide bonds. The number of aromatic nitrogens is 3. The maximum Gasteiger partial charge on any atom is 0.244 e. The van der Waals surface area contributed by atoms with E-state index in [1.807, 2.05) is 24.0 Å². The number of amides is 1. The van der Waals surface area contributed by atoms with Crippen LogP contribution < -0.4 is 4.90 Å². The highest BCUT2D eigenvalue weighted by atomic mass is 35.5. The summed E-state index contributed by atoms with van der Waals surface area (Å²) in [4.78, 5) is 21.0. The largest absolute Gasteiger partial charge is 0.368 e. The number of halogens is 2. The maximum atomic E-state index is 12.6. The van der Waals surface area contributed by atoms with Gasteiger partial charge in [-0.15, -0.1) is 0 Å². The smallest absolute Gasteiger partial charge is 0.244 e. The number of carbonyl (C=O) groups excluding carboxylic acids is 1. The molecule has 3 aromatic rings. The fourth-order valence-electron chi connectivity index (χ4n) is 3.29. The lowest BCUT2D eigenvalue weighted by Gasteiger charge is -2.36. The summed E-state index contributed by atoms with van der Waals surface area (Å²) in [7, 11) is 0. The van der Waals surface area contributed by atoms with Gasteiger partial charge >= 0.3 is 0 Å². The van der Waals surface area contributed by atoms with Crippen molar-refractivity contribution in [3.8, 4) is 0 Å². The molecule has 1 saturated heterocycles. The van der Waals surface area contributed by atoms with Gasteiger partial charge in [0.25, 0.3) is 0 Å². The second kappa shape index (κ2) is 7.37. The number of anilines is 1. The minimum Gasteiger partial charge on any atom is -0.368 e. The number of fused-ring (bicyclic) bond motifs is 1. The van der Waals surface area contributed by atoms with Gasteiger partial charge < -0.3 is 9.80 Å². The van der Waals surface area contributed by atoms with Gasteiger partial charge in [-0.05, 0) is 42.8 Å². The summed E-state index contributed by atoms with van der Waals surface area (Å²) in [5.74, 6) is 0.0563. The van der Waals surface area contributed by atoms with Crippen molar-refractivity contribution in [2.75, 3.05) is 31.1 Å². The molecule has 4 rings (SSSR count). The molecule has 1 aliphatic heterocycles. The SMILES string of the molecule is Cc1cc(N2CCN(C(=O)Cn3cc4nc(Cl)ccc4n3)CC2)ccc1Cl. The van der Waals surface area contributed by atoms with Crippen LogP contribution >= 0.6 is 23.2 Å². The first-order valence-electron chi connectivity index (χ1n) is 8.78. The first kappa shape index (κ1) is 18.1. The van der Waals surface area contributed by atoms with Crippen molar-refractivity contribution < 1.29 is 4.79 Å². The number of aryl methyl sites for hydroxylation is 1. The molecule has 3 heterocycles. The van der Waals surface area contributed by atoms with Crippen LogP contribution in [-0.2, 0) is 11.3 Å². The summed E-state index contributed by atoms with van der Waals surface area (Å²) >= 11 is 12.0. The van der Waals surface area contributed by atoms with Gasteiger partial charge in [-0.1, -0.05) is 23.2 Å². The Morgan fingerprint density at radius 1 is 1.07 bits per heavy atom. The van der Waals surface area contributed by atoms with E-state index in [4.69, 9.17) is 23.2 Å². The lowest BCUT2D eigenvalue weighted by atomic mass is 10.2. The predicted octanol–water partition coefficient (Wildman–Crippen LogP) is 3.40. The molecule has 0 saturated carbocycles. The highest BCUT2D eigenvalue weighted by Crippen LogP contribution is 2.23. The third-order valence-electron chi connectivity index (χ3n) is 4.81. The van der Waals surface area contributed by atoms with Crippen LogP contribution in [0.15, 0.2) is 36.5 Å². The maximum absolute atomic E-state index is 12.6. The van der Waals surface area contributed by atoms with Gasteiger partial charge in [0.2, 0.25) is 5.91 Å². The normalized spacial score (nSPS) is 14.8. The van der Waals surface area contributed by atoms with E-state index in [1.54, 1.807) is 23.0 Å². The third kappa shape index (κ3) is 3.87. The lowest BCUT2D eigenvalue weighted by molar-refractivity contribution is -0.132. The van der Waals surface area contributed by atoms with Crippen molar-refractivity contribution in [2.45, 2.75) is 13.5 Å². The van der Waals surface area contributed by atoms with Crippen molar-refractivity contribution in [3.05, 3.63) is 52.3 Å². The highest BCUT2D eigenvalue weighted by Gasteiger charge is 2.22. The van der Waals surface area contributed by atoms with Crippen molar-refractivity contribution in [2.24, 2.45) is 0 Å². The lowest BCUT2D eigenvalue weighted by Crippen LogP contribution is -2.49. The Balaban J connectivity index is 1.38. The Morgan fingerprint density at radius 3 is 2.59 bits per heavy atom. The molecule has 0 spiro atoms. The zero-order valence-electron chi connectivity index (χ0n) is 14.9. The zero-order chi connectivity index (χ0) is 19.0. The number of carbonyl (C=O) groups is 1. The van der Waals surface area contributed by atoms with Gasteiger partial charge in [0.05, 0.1) is 6.20 Å². The number of nitrogens with zero attached hydrogens (tertiary/aromatic N) is 5. The van der Waals surface area contributed by atoms with Gasteiger partial charge in [0.1, 0.15) is 22.7 Å². The fourth-order valence-corrected chi connectivity index (χ4v) is 3.56. The molecule has 0 unspecified atom stereocenters. The Morgan fingerprint density at radius 2 is 1.85 bits per heavy atom. The van der Waals surface area contributed by atoms with Crippen molar-refractivity contribution in [1.29, 1.82) is 0 Å². The number of hydrogen-bond donors (Lipinski definition) is 0. The van der Waals surface area contributed by atoms with E-state index >= 15 is 0 Å². The summed E-state index contributed by atoms with van der Waals surface area (Å²) in [6.45, 7) is 5.17. The van der Waals surface area contributed by atoms with E-state index in [-0.39, 0.29) is 12.5 Å². The zero-order valence-corrected chi connectivity index (χ0v) is 16.4. The molecule has 1 aromatic carbocycles. The quantitative estimate of drug-likeness (QED) is 0.628. The molecule has 0 atom stereocenters. The minimum absolute atomic E-state index is 0.0563. The van der Waals surface area contributed by atoms with Gasteiger partial charge in [0.15, 0.2) is 0 Å². The molecule has 0 radical (unpaired) electrons. The van der Waals surface area contributed by atoms with Gasteiger partial charge in [-0.25, -0.2) is 4.98 Å². The van der Waals surface area contributed by atoms with Crippen LogP contribution in [0.2, 0.25) is 10.2 Å². The van der Waals surface area contributed by atoms with Crippen LogP contribution in [0.4, 0.5) is 5.69 Å². The van der Waals surface area contributed by atoms with Crippen LogP contribution in [0, 0.1) is 6.92 Å². The second-order valence-corrected chi connectivity index (χ2v) is 7.46. The fraction of sp³-hybridized carbons (Fsp3) is 0.316. The van der Waals surface area contributed by atoms with E-state index in [0.717, 1.165) is 34.9 Å². The standard InChI is InChI=1S/C19H19Cl2N5O/c1-13-10-14(2-3-15(13)20)24-6-8-25(9-7-24)19(27)12-26-11-17-16(23-26)4-5-18(21)22-17/h2-5,10-11H,6-9,12H2,1H3. The minimum atomic E-state index is 0.0563. The van der Waals surface area contributed by atoms with E-state index in [1.165, 1.54) is 0 Å².